The van der Waals surface area contributed by atoms with E-state index < -0.39 is 30.1 Å². The fraction of sp³-hybridized carbons (Fsp3) is 0.455. The van der Waals surface area contributed by atoms with Crippen LogP contribution in [0.3, 0.4) is 0 Å². The summed E-state index contributed by atoms with van der Waals surface area (Å²) >= 11 is 0. The summed E-state index contributed by atoms with van der Waals surface area (Å²) in [7, 11) is 0. The fourth-order valence-electron chi connectivity index (χ4n) is 2.50. The van der Waals surface area contributed by atoms with Gasteiger partial charge in [-0.1, -0.05) is 31.7 Å². The summed E-state index contributed by atoms with van der Waals surface area (Å²) in [6.45, 7) is 8.98. The van der Waals surface area contributed by atoms with Crippen LogP contribution in [-0.2, 0) is 19.1 Å². The molecule has 0 radical (unpaired) electrons. The van der Waals surface area contributed by atoms with E-state index in [4.69, 9.17) is 9.47 Å². The Labute approximate surface area is 171 Å². The lowest BCUT2D eigenvalue weighted by molar-refractivity contribution is -0.148. The number of esters is 1. The highest BCUT2D eigenvalue weighted by atomic mass is 16.5. The molecule has 1 rings (SSSR count). The molecule has 0 aliphatic carbocycles. The third-order valence-electron chi connectivity index (χ3n) is 4.28. The number of aliphatic hydroxyl groups is 3. The van der Waals surface area contributed by atoms with Gasteiger partial charge >= 0.3 is 5.97 Å². The van der Waals surface area contributed by atoms with Crippen LogP contribution < -0.4 is 0 Å². The molecule has 0 bridgehead atoms. The molecule has 3 N–H and O–H groups in total. The van der Waals surface area contributed by atoms with Crippen LogP contribution in [0.1, 0.15) is 33.6 Å². The zero-order chi connectivity index (χ0) is 22.0. The summed E-state index contributed by atoms with van der Waals surface area (Å²) in [5.74, 6) is -1.27. The number of rotatable bonds is 4. The van der Waals surface area contributed by atoms with Crippen molar-refractivity contribution in [1.82, 2.24) is 0 Å². The molecule has 29 heavy (non-hydrogen) atoms. The summed E-state index contributed by atoms with van der Waals surface area (Å²) < 4.78 is 10.9. The Morgan fingerprint density at radius 1 is 1.31 bits per heavy atom. The highest BCUT2D eigenvalue weighted by Gasteiger charge is 2.23. The van der Waals surface area contributed by atoms with Crippen LogP contribution in [0.25, 0.3) is 0 Å². The topological polar surface area (TPSA) is 113 Å². The molecular formula is C22H30O7. The lowest BCUT2D eigenvalue weighted by atomic mass is 10.0. The molecule has 0 unspecified atom stereocenters. The minimum absolute atomic E-state index is 0.000514. The van der Waals surface area contributed by atoms with Gasteiger partial charge in [0, 0.05) is 12.0 Å². The van der Waals surface area contributed by atoms with Gasteiger partial charge in [-0.2, -0.15) is 0 Å². The largest absolute Gasteiger partial charge is 0.508 e. The average molecular weight is 406 g/mol. The van der Waals surface area contributed by atoms with Crippen molar-refractivity contribution >= 4 is 11.8 Å². The van der Waals surface area contributed by atoms with Crippen LogP contribution in [0.15, 0.2) is 60.1 Å². The van der Waals surface area contributed by atoms with Gasteiger partial charge in [0.15, 0.2) is 5.78 Å². The van der Waals surface area contributed by atoms with Crippen molar-refractivity contribution in [3.63, 3.8) is 0 Å². The first kappa shape index (κ1) is 24.4. The molecule has 0 amide bonds. The molecule has 160 valence electrons. The second-order valence-corrected chi connectivity index (χ2v) is 6.83. The number of ketones is 1. The van der Waals surface area contributed by atoms with Crippen LogP contribution >= 0.6 is 0 Å². The monoisotopic (exact) mass is 406 g/mol. The smallest absolute Gasteiger partial charge is 0.310 e. The standard InChI is InChI=1S/C22H30O7/c1-5-28-18(11-15(3)23)12-17-7-6-8-19(24)22(27)20(25)10-9-14(2)16(4)29-21(26)13-17/h6-7,9-12,14,16,19,22-24,27H,3,5,8,13H2,1-2,4H3/b7-6+,10-9-,17-12-,18-11+/t14-,16+,19+,22+/m1/s1. The Morgan fingerprint density at radius 3 is 2.62 bits per heavy atom. The molecule has 0 spiro atoms. The van der Waals surface area contributed by atoms with Gasteiger partial charge in [-0.05, 0) is 38.0 Å². The van der Waals surface area contributed by atoms with E-state index in [1.165, 1.54) is 18.2 Å². The van der Waals surface area contributed by atoms with Gasteiger partial charge < -0.3 is 24.8 Å². The first-order valence-electron chi connectivity index (χ1n) is 9.51. The maximum Gasteiger partial charge on any atom is 0.310 e. The quantitative estimate of drug-likeness (QED) is 0.374. The van der Waals surface area contributed by atoms with E-state index >= 15 is 0 Å². The predicted molar refractivity (Wildman–Crippen MR) is 109 cm³/mol. The van der Waals surface area contributed by atoms with Crippen molar-refractivity contribution in [1.29, 1.82) is 0 Å². The predicted octanol–water partition coefficient (Wildman–Crippen LogP) is 2.67. The van der Waals surface area contributed by atoms with E-state index in [2.05, 4.69) is 6.58 Å². The molecule has 0 aromatic heterocycles. The van der Waals surface area contributed by atoms with Crippen molar-refractivity contribution in [2.75, 3.05) is 6.61 Å². The van der Waals surface area contributed by atoms with Crippen molar-refractivity contribution in [2.45, 2.75) is 51.9 Å². The minimum atomic E-state index is -1.55. The SMILES string of the molecule is C=C(O)\C=C(/C=C1/C=C/C[C@H](O)[C@H](O)C(=O)/C=C\[C@@H](C)[C@H](C)OC(=O)C1)OCC. The minimum Gasteiger partial charge on any atom is -0.508 e. The highest BCUT2D eigenvalue weighted by molar-refractivity contribution is 5.93. The number of ether oxygens (including phenoxy) is 2. The Bertz CT molecular complexity index is 715. The number of carbonyl (C=O) groups excluding carboxylic acids is 2. The molecular weight excluding hydrogens is 376 g/mol. The maximum atomic E-state index is 12.4. The zero-order valence-corrected chi connectivity index (χ0v) is 17.1. The number of allylic oxidation sites excluding steroid dienone is 3. The summed E-state index contributed by atoms with van der Waals surface area (Å²) in [6, 6.07) is 0. The van der Waals surface area contributed by atoms with Crippen molar-refractivity contribution in [3.8, 4) is 0 Å². The molecule has 4 atom stereocenters. The number of hydrogen-bond donors (Lipinski definition) is 3. The van der Waals surface area contributed by atoms with Crippen LogP contribution in [-0.4, -0.2) is 52.0 Å². The van der Waals surface area contributed by atoms with Crippen LogP contribution in [0.4, 0.5) is 0 Å². The first-order chi connectivity index (χ1) is 13.6. The van der Waals surface area contributed by atoms with Crippen molar-refractivity contribution < 1.29 is 34.4 Å². The van der Waals surface area contributed by atoms with Gasteiger partial charge in [-0.3, -0.25) is 9.59 Å². The van der Waals surface area contributed by atoms with Crippen molar-refractivity contribution in [3.05, 3.63) is 60.1 Å². The van der Waals surface area contributed by atoms with Gasteiger partial charge in [0.2, 0.25) is 0 Å². The van der Waals surface area contributed by atoms with Crippen LogP contribution in [0.2, 0.25) is 0 Å². The summed E-state index contributed by atoms with van der Waals surface area (Å²) in [6.07, 6.45) is 5.31. The lowest BCUT2D eigenvalue weighted by Crippen LogP contribution is -2.32. The molecule has 7 nitrogen and oxygen atoms in total. The Morgan fingerprint density at radius 2 is 2.00 bits per heavy atom. The van der Waals surface area contributed by atoms with E-state index in [9.17, 15) is 24.9 Å². The number of aliphatic hydroxyl groups excluding tert-OH is 3. The van der Waals surface area contributed by atoms with Gasteiger partial charge in [0.05, 0.1) is 19.1 Å². The van der Waals surface area contributed by atoms with Gasteiger partial charge in [0.1, 0.15) is 23.7 Å². The van der Waals surface area contributed by atoms with E-state index in [0.29, 0.717) is 17.9 Å². The van der Waals surface area contributed by atoms with Crippen LogP contribution in [0, 0.1) is 5.92 Å². The summed E-state index contributed by atoms with van der Waals surface area (Å²) in [4.78, 5) is 24.4. The zero-order valence-electron chi connectivity index (χ0n) is 17.1. The second-order valence-electron chi connectivity index (χ2n) is 6.83. The molecule has 0 aromatic carbocycles. The Balaban J connectivity index is 3.23. The highest BCUT2D eigenvalue weighted by Crippen LogP contribution is 2.17. The third kappa shape index (κ3) is 8.93. The van der Waals surface area contributed by atoms with Gasteiger partial charge in [0.25, 0.3) is 0 Å². The molecule has 1 aliphatic rings. The second kappa shape index (κ2) is 12.0. The summed E-state index contributed by atoms with van der Waals surface area (Å²) in [5.41, 5.74) is 0.497. The normalized spacial score (nSPS) is 30.9. The molecule has 0 saturated heterocycles. The maximum absolute atomic E-state index is 12.4. The molecule has 7 heteroatoms. The molecule has 1 heterocycles. The molecule has 0 aromatic rings. The van der Waals surface area contributed by atoms with E-state index in [1.807, 2.05) is 0 Å². The number of hydrogen-bond acceptors (Lipinski definition) is 7. The van der Waals surface area contributed by atoms with E-state index in [1.54, 1.807) is 39.0 Å². The lowest BCUT2D eigenvalue weighted by Gasteiger charge is -2.19. The third-order valence-corrected chi connectivity index (χ3v) is 4.28. The Kier molecular flexibility index (Phi) is 10.1. The van der Waals surface area contributed by atoms with E-state index in [0.717, 1.165) is 0 Å². The molecule has 0 fully saturated rings. The number of carbonyl (C=O) groups is 2. The first-order valence-corrected chi connectivity index (χ1v) is 9.51. The van der Waals surface area contributed by atoms with Crippen molar-refractivity contribution in [2.24, 2.45) is 5.92 Å². The summed E-state index contributed by atoms with van der Waals surface area (Å²) in [5, 5.41) is 29.4. The number of cyclic esters (lactones) is 1. The average Bonchev–Trinajstić information content (AvgIpc) is 2.63. The molecule has 0 saturated carbocycles. The fourth-order valence-corrected chi connectivity index (χ4v) is 2.50. The molecule has 1 aliphatic heterocycles. The van der Waals surface area contributed by atoms with Gasteiger partial charge in [-0.15, -0.1) is 0 Å². The Hall–Kier alpha value is -2.64. The van der Waals surface area contributed by atoms with Crippen LogP contribution in [0.5, 0.6) is 0 Å². The van der Waals surface area contributed by atoms with E-state index in [-0.39, 0.29) is 24.5 Å². The van der Waals surface area contributed by atoms with Gasteiger partial charge in [-0.25, -0.2) is 0 Å².